The average Bonchev–Trinajstić information content (AvgIpc) is 3.52. The molecule has 0 bridgehead atoms. The number of fused-ring (bicyclic) bond motifs is 2. The van der Waals surface area contributed by atoms with Crippen molar-refractivity contribution in [1.29, 1.82) is 0 Å². The number of anilines is 1. The van der Waals surface area contributed by atoms with Gasteiger partial charge in [-0.2, -0.15) is 0 Å². The first kappa shape index (κ1) is 31.1. The van der Waals surface area contributed by atoms with Crippen molar-refractivity contribution in [2.24, 2.45) is 0 Å². The largest absolute Gasteiger partial charge is 0.444 e. The van der Waals surface area contributed by atoms with Crippen LogP contribution in [0, 0.1) is 0 Å². The lowest BCUT2D eigenvalue weighted by Crippen LogP contribution is -2.46. The lowest BCUT2D eigenvalue weighted by molar-refractivity contribution is -0.116. The van der Waals surface area contributed by atoms with Gasteiger partial charge in [0.25, 0.3) is 0 Å². The topological polar surface area (TPSA) is 106 Å². The number of carbonyl (C=O) groups excluding carboxylic acids is 2. The number of hydrogen-bond donors (Lipinski definition) is 2. The first-order valence-corrected chi connectivity index (χ1v) is 16.2. The third kappa shape index (κ3) is 7.06. The first-order chi connectivity index (χ1) is 20.6. The van der Waals surface area contributed by atoms with E-state index < -0.39 is 5.60 Å². The van der Waals surface area contributed by atoms with Crippen molar-refractivity contribution in [3.05, 3.63) is 53.2 Å². The second kappa shape index (κ2) is 13.1. The molecule has 4 heterocycles. The molecule has 4 aromatic rings. The number of benzene rings is 1. The molecule has 1 aliphatic rings. The van der Waals surface area contributed by atoms with Crippen LogP contribution >= 0.6 is 22.7 Å². The molecule has 2 atom stereocenters. The summed E-state index contributed by atoms with van der Waals surface area (Å²) in [4.78, 5) is 38.6. The van der Waals surface area contributed by atoms with Crippen molar-refractivity contribution in [1.82, 2.24) is 20.2 Å². The summed E-state index contributed by atoms with van der Waals surface area (Å²) >= 11 is 3.14. The van der Waals surface area contributed by atoms with E-state index >= 15 is 0 Å². The fourth-order valence-corrected chi connectivity index (χ4v) is 7.72. The number of aromatic nitrogens is 2. The smallest absolute Gasteiger partial charge is 0.411 e. The van der Waals surface area contributed by atoms with Crippen LogP contribution in [0.2, 0.25) is 0 Å². The van der Waals surface area contributed by atoms with E-state index in [0.717, 1.165) is 47.4 Å². The number of pyridine rings is 1. The Morgan fingerprint density at radius 1 is 1.12 bits per heavy atom. The molecule has 2 unspecified atom stereocenters. The molecule has 43 heavy (non-hydrogen) atoms. The number of ether oxygens (including phenoxy) is 2. The van der Waals surface area contributed by atoms with Crippen LogP contribution < -0.4 is 10.6 Å². The highest BCUT2D eigenvalue weighted by molar-refractivity contribution is 7.23. The lowest BCUT2D eigenvalue weighted by atomic mass is 9.93. The highest BCUT2D eigenvalue weighted by Gasteiger charge is 2.39. The van der Waals surface area contributed by atoms with E-state index in [1.807, 2.05) is 57.8 Å². The van der Waals surface area contributed by atoms with Crippen LogP contribution in [0.15, 0.2) is 42.7 Å². The second-order valence-electron chi connectivity index (χ2n) is 11.7. The molecule has 2 N–H and O–H groups in total. The summed E-state index contributed by atoms with van der Waals surface area (Å²) < 4.78 is 11.9. The fraction of sp³-hybridized carbons (Fsp3) is 0.438. The standard InChI is InChI=1S/C32H39N5O4S2/c1-19-16-23-27(29-35-24-17-21(9-10-25(24)42-29)22-8-7-12-34-18-22)30(36-26(38)11-13-33-14-15-40-6)43-28(23)20(2)37(19)31(39)41-32(3,4)5/h7-10,12,17-20,33H,11,13-16H2,1-6H3,(H,36,38). The molecule has 0 fully saturated rings. The van der Waals surface area contributed by atoms with Crippen molar-refractivity contribution in [3.63, 3.8) is 0 Å². The van der Waals surface area contributed by atoms with Crippen LogP contribution in [-0.4, -0.2) is 65.3 Å². The van der Waals surface area contributed by atoms with Gasteiger partial charge in [0.1, 0.15) is 15.6 Å². The summed E-state index contributed by atoms with van der Waals surface area (Å²) in [6.45, 7) is 11.5. The average molecular weight is 622 g/mol. The number of hydrogen-bond acceptors (Lipinski definition) is 9. The van der Waals surface area contributed by atoms with Gasteiger partial charge >= 0.3 is 6.09 Å². The van der Waals surface area contributed by atoms with Crippen LogP contribution in [-0.2, 0) is 20.7 Å². The predicted octanol–water partition coefficient (Wildman–Crippen LogP) is 6.89. The Balaban J connectivity index is 1.51. The van der Waals surface area contributed by atoms with Gasteiger partial charge in [-0.3, -0.25) is 14.7 Å². The van der Waals surface area contributed by atoms with Crippen LogP contribution in [0.3, 0.4) is 0 Å². The van der Waals surface area contributed by atoms with E-state index in [1.165, 1.54) is 11.3 Å². The van der Waals surface area contributed by atoms with Gasteiger partial charge in [-0.05, 0) is 70.4 Å². The Morgan fingerprint density at radius 3 is 2.65 bits per heavy atom. The van der Waals surface area contributed by atoms with E-state index in [2.05, 4.69) is 33.8 Å². The van der Waals surface area contributed by atoms with Gasteiger partial charge in [-0.15, -0.1) is 22.7 Å². The van der Waals surface area contributed by atoms with Crippen molar-refractivity contribution < 1.29 is 19.1 Å². The fourth-order valence-electron chi connectivity index (χ4n) is 5.33. The Labute approximate surface area is 260 Å². The van der Waals surface area contributed by atoms with Crippen molar-refractivity contribution in [2.75, 3.05) is 32.1 Å². The highest BCUT2D eigenvalue weighted by Crippen LogP contribution is 2.50. The van der Waals surface area contributed by atoms with E-state index in [1.54, 1.807) is 24.6 Å². The normalized spacial score (nSPS) is 16.7. The minimum Gasteiger partial charge on any atom is -0.444 e. The summed E-state index contributed by atoms with van der Waals surface area (Å²) in [5.74, 6) is -0.0746. The van der Waals surface area contributed by atoms with Crippen molar-refractivity contribution >= 4 is 49.9 Å². The van der Waals surface area contributed by atoms with E-state index in [0.29, 0.717) is 32.5 Å². The molecule has 0 saturated heterocycles. The zero-order valence-electron chi connectivity index (χ0n) is 25.5. The van der Waals surface area contributed by atoms with Gasteiger partial charge in [0.2, 0.25) is 5.91 Å². The van der Waals surface area contributed by atoms with Crippen LogP contribution in [0.1, 0.15) is 57.5 Å². The van der Waals surface area contributed by atoms with Crippen molar-refractivity contribution in [3.8, 4) is 21.7 Å². The molecule has 1 aliphatic heterocycles. The molecule has 9 nitrogen and oxygen atoms in total. The minimum atomic E-state index is -0.594. The quantitative estimate of drug-likeness (QED) is 0.196. The maximum absolute atomic E-state index is 13.3. The predicted molar refractivity (Wildman–Crippen MR) is 174 cm³/mol. The third-order valence-corrected chi connectivity index (χ3v) is 9.65. The van der Waals surface area contributed by atoms with Crippen molar-refractivity contribution in [2.45, 2.75) is 65.1 Å². The molecular weight excluding hydrogens is 583 g/mol. The number of amides is 2. The number of carbonyl (C=O) groups is 2. The Bertz CT molecular complexity index is 1590. The number of thiophene rings is 1. The molecule has 0 spiro atoms. The molecule has 228 valence electrons. The van der Waals surface area contributed by atoms with E-state index in [-0.39, 0.29) is 24.1 Å². The first-order valence-electron chi connectivity index (χ1n) is 14.5. The molecule has 0 saturated carbocycles. The molecule has 0 aliphatic carbocycles. The summed E-state index contributed by atoms with van der Waals surface area (Å²) in [6.07, 6.45) is 4.25. The van der Waals surface area contributed by atoms with Gasteiger partial charge in [-0.1, -0.05) is 12.1 Å². The maximum atomic E-state index is 13.3. The molecule has 11 heteroatoms. The molecule has 5 rings (SSSR count). The zero-order valence-corrected chi connectivity index (χ0v) is 27.2. The number of thiazole rings is 1. The maximum Gasteiger partial charge on any atom is 0.411 e. The number of rotatable bonds is 9. The zero-order chi connectivity index (χ0) is 30.7. The summed E-state index contributed by atoms with van der Waals surface area (Å²) in [6, 6.07) is 9.92. The van der Waals surface area contributed by atoms with Crippen LogP contribution in [0.5, 0.6) is 0 Å². The van der Waals surface area contributed by atoms with E-state index in [9.17, 15) is 9.59 Å². The van der Waals surface area contributed by atoms with Gasteiger partial charge in [0.15, 0.2) is 0 Å². The highest BCUT2D eigenvalue weighted by atomic mass is 32.1. The number of nitrogens with zero attached hydrogens (tertiary/aromatic N) is 3. The SMILES string of the molecule is COCCNCCC(=O)Nc1sc2c(c1-c1nc3cc(-c4cccnc4)ccc3s1)CC(C)N(C(=O)OC(C)(C)C)C2C. The molecule has 2 amide bonds. The van der Waals surface area contributed by atoms with Gasteiger partial charge in [0, 0.05) is 61.1 Å². The monoisotopic (exact) mass is 621 g/mol. The number of nitrogens with one attached hydrogen (secondary N) is 2. The molecule has 3 aromatic heterocycles. The Hall–Kier alpha value is -3.38. The molecule has 0 radical (unpaired) electrons. The Morgan fingerprint density at radius 2 is 1.93 bits per heavy atom. The molecular formula is C32H39N5O4S2. The van der Waals surface area contributed by atoms with Crippen LogP contribution in [0.4, 0.5) is 9.80 Å². The number of methoxy groups -OCH3 is 1. The summed E-state index contributed by atoms with van der Waals surface area (Å²) in [7, 11) is 1.65. The van der Waals surface area contributed by atoms with E-state index in [4.69, 9.17) is 14.5 Å². The Kier molecular flexibility index (Phi) is 9.45. The van der Waals surface area contributed by atoms with Gasteiger partial charge < -0.3 is 20.1 Å². The third-order valence-electron chi connectivity index (χ3n) is 7.27. The summed E-state index contributed by atoms with van der Waals surface area (Å²) in [5, 5.41) is 8.04. The summed E-state index contributed by atoms with van der Waals surface area (Å²) in [5.41, 5.74) is 4.47. The van der Waals surface area contributed by atoms with Gasteiger partial charge in [0.05, 0.1) is 22.9 Å². The van der Waals surface area contributed by atoms with Gasteiger partial charge in [-0.25, -0.2) is 9.78 Å². The second-order valence-corrected chi connectivity index (χ2v) is 13.8. The molecule has 1 aromatic carbocycles. The lowest BCUT2D eigenvalue weighted by Gasteiger charge is -2.39. The minimum absolute atomic E-state index is 0.0746. The van der Waals surface area contributed by atoms with Crippen LogP contribution in [0.25, 0.3) is 31.9 Å².